The maximum atomic E-state index is 10.7. The number of hydrogen-bond acceptors (Lipinski definition) is 5. The molecule has 2 atom stereocenters. The number of nitro groups is 1. The number of rotatable bonds is 6. The lowest BCUT2D eigenvalue weighted by Crippen LogP contribution is -2.49. The van der Waals surface area contributed by atoms with Gasteiger partial charge in [-0.1, -0.05) is 19.3 Å². The van der Waals surface area contributed by atoms with Gasteiger partial charge in [-0.05, 0) is 42.8 Å². The summed E-state index contributed by atoms with van der Waals surface area (Å²) in [6.07, 6.45) is 4.70. The molecule has 0 amide bonds. The summed E-state index contributed by atoms with van der Waals surface area (Å²) >= 11 is 5.27. The number of nitro benzene ring substituents is 1. The Morgan fingerprint density at radius 1 is 1.29 bits per heavy atom. The highest BCUT2D eigenvalue weighted by Crippen LogP contribution is 2.21. The van der Waals surface area contributed by atoms with Crippen molar-refractivity contribution in [3.8, 4) is 0 Å². The average Bonchev–Trinajstić information content (AvgIpc) is 2.60. The zero-order valence-electron chi connectivity index (χ0n) is 13.4. The number of hydrogen-bond donors (Lipinski definition) is 4. The summed E-state index contributed by atoms with van der Waals surface area (Å²) in [4.78, 5) is 10.2. The lowest BCUT2D eigenvalue weighted by Gasteiger charge is -2.28. The number of nitrogens with one attached hydrogen (secondary N) is 2. The highest BCUT2D eigenvalue weighted by Gasteiger charge is 2.23. The summed E-state index contributed by atoms with van der Waals surface area (Å²) in [5, 5.41) is 37.2. The van der Waals surface area contributed by atoms with E-state index < -0.39 is 17.1 Å². The Labute approximate surface area is 146 Å². The van der Waals surface area contributed by atoms with Crippen LogP contribution < -0.4 is 10.6 Å². The van der Waals surface area contributed by atoms with Crippen LogP contribution in [0.15, 0.2) is 24.3 Å². The van der Waals surface area contributed by atoms with Crippen LogP contribution in [0.4, 0.5) is 5.69 Å². The van der Waals surface area contributed by atoms with Crippen molar-refractivity contribution in [1.82, 2.24) is 10.6 Å². The van der Waals surface area contributed by atoms with E-state index in [4.69, 9.17) is 12.2 Å². The topological polar surface area (TPSA) is 108 Å². The quantitative estimate of drug-likeness (QED) is 0.351. The van der Waals surface area contributed by atoms with Crippen molar-refractivity contribution in [3.63, 3.8) is 0 Å². The molecule has 8 heteroatoms. The molecule has 1 fully saturated rings. The van der Waals surface area contributed by atoms with Gasteiger partial charge in [0.25, 0.3) is 5.69 Å². The second-order valence-corrected chi connectivity index (χ2v) is 6.44. The Morgan fingerprint density at radius 2 is 1.92 bits per heavy atom. The first-order chi connectivity index (χ1) is 11.5. The number of aliphatic hydroxyl groups is 2. The monoisotopic (exact) mass is 353 g/mol. The van der Waals surface area contributed by atoms with Crippen molar-refractivity contribution in [3.05, 3.63) is 39.9 Å². The summed E-state index contributed by atoms with van der Waals surface area (Å²) < 4.78 is 0. The van der Waals surface area contributed by atoms with Crippen molar-refractivity contribution in [2.45, 2.75) is 50.3 Å². The minimum Gasteiger partial charge on any atom is -0.394 e. The minimum absolute atomic E-state index is 0.0473. The van der Waals surface area contributed by atoms with E-state index in [1.807, 2.05) is 0 Å². The van der Waals surface area contributed by atoms with Crippen LogP contribution >= 0.6 is 12.2 Å². The van der Waals surface area contributed by atoms with E-state index in [0.29, 0.717) is 16.7 Å². The molecule has 0 saturated heterocycles. The van der Waals surface area contributed by atoms with Crippen molar-refractivity contribution in [2.24, 2.45) is 0 Å². The number of non-ortho nitro benzene ring substituents is 1. The Bertz CT molecular complexity index is 561. The van der Waals surface area contributed by atoms with Gasteiger partial charge < -0.3 is 20.8 Å². The van der Waals surface area contributed by atoms with Gasteiger partial charge in [-0.2, -0.15) is 0 Å². The van der Waals surface area contributed by atoms with E-state index in [2.05, 4.69) is 10.6 Å². The summed E-state index contributed by atoms with van der Waals surface area (Å²) in [6.45, 7) is -0.315. The van der Waals surface area contributed by atoms with Gasteiger partial charge >= 0.3 is 0 Å². The van der Waals surface area contributed by atoms with Crippen LogP contribution in [0.3, 0.4) is 0 Å². The number of thiocarbonyl (C=S) groups is 1. The fourth-order valence-electron chi connectivity index (χ4n) is 2.89. The molecule has 2 rings (SSSR count). The lowest BCUT2D eigenvalue weighted by molar-refractivity contribution is -0.384. The van der Waals surface area contributed by atoms with Gasteiger partial charge in [0.1, 0.15) is 6.10 Å². The first-order valence-corrected chi connectivity index (χ1v) is 8.52. The van der Waals surface area contributed by atoms with Gasteiger partial charge in [0.15, 0.2) is 5.11 Å². The summed E-state index contributed by atoms with van der Waals surface area (Å²) in [7, 11) is 0. The normalized spacial score (nSPS) is 17.8. The summed E-state index contributed by atoms with van der Waals surface area (Å²) in [6, 6.07) is 5.25. The van der Waals surface area contributed by atoms with Gasteiger partial charge in [0.2, 0.25) is 0 Å². The second-order valence-electron chi connectivity index (χ2n) is 6.04. The van der Waals surface area contributed by atoms with E-state index in [1.165, 1.54) is 43.5 Å². The molecule has 4 N–H and O–H groups in total. The zero-order valence-corrected chi connectivity index (χ0v) is 14.2. The van der Waals surface area contributed by atoms with Crippen molar-refractivity contribution >= 4 is 23.0 Å². The average molecular weight is 353 g/mol. The van der Waals surface area contributed by atoms with Crippen molar-refractivity contribution < 1.29 is 15.1 Å². The number of aliphatic hydroxyl groups excluding tert-OH is 2. The first-order valence-electron chi connectivity index (χ1n) is 8.11. The van der Waals surface area contributed by atoms with Crippen LogP contribution in [0.2, 0.25) is 0 Å². The molecule has 1 aromatic carbocycles. The SMILES string of the molecule is O=[N+]([O-])c1ccc(C(O)C(CO)NC(=S)NC2CCCCC2)cc1. The third-order valence-corrected chi connectivity index (χ3v) is 4.52. The van der Waals surface area contributed by atoms with Crippen LogP contribution in [0.25, 0.3) is 0 Å². The van der Waals surface area contributed by atoms with Crippen LogP contribution in [0.5, 0.6) is 0 Å². The summed E-state index contributed by atoms with van der Waals surface area (Å²) in [5.74, 6) is 0. The zero-order chi connectivity index (χ0) is 17.5. The van der Waals surface area contributed by atoms with Gasteiger partial charge in [-0.25, -0.2) is 0 Å². The van der Waals surface area contributed by atoms with Crippen molar-refractivity contribution in [2.75, 3.05) is 6.61 Å². The van der Waals surface area contributed by atoms with E-state index in [9.17, 15) is 20.3 Å². The highest BCUT2D eigenvalue weighted by atomic mass is 32.1. The fourth-order valence-corrected chi connectivity index (χ4v) is 3.21. The lowest BCUT2D eigenvalue weighted by atomic mass is 9.96. The number of nitrogens with zero attached hydrogens (tertiary/aromatic N) is 1. The standard InChI is InChI=1S/C16H23N3O4S/c20-10-14(18-16(24)17-12-4-2-1-3-5-12)15(21)11-6-8-13(9-7-11)19(22)23/h6-9,12,14-15,20-21H,1-5,10H2,(H2,17,18,24). The molecule has 0 aliphatic heterocycles. The van der Waals surface area contributed by atoms with Gasteiger partial charge in [-0.3, -0.25) is 10.1 Å². The number of benzene rings is 1. The molecule has 0 radical (unpaired) electrons. The van der Waals surface area contributed by atoms with Crippen LogP contribution in [0, 0.1) is 10.1 Å². The van der Waals surface area contributed by atoms with E-state index >= 15 is 0 Å². The third-order valence-electron chi connectivity index (χ3n) is 4.28. The molecule has 1 aliphatic carbocycles. The Kier molecular flexibility index (Phi) is 6.89. The highest BCUT2D eigenvalue weighted by molar-refractivity contribution is 7.80. The Balaban J connectivity index is 1.93. The van der Waals surface area contributed by atoms with Gasteiger partial charge in [-0.15, -0.1) is 0 Å². The predicted octanol–water partition coefficient (Wildman–Crippen LogP) is 1.79. The molecule has 0 heterocycles. The fraction of sp³-hybridized carbons (Fsp3) is 0.562. The molecule has 0 spiro atoms. The smallest absolute Gasteiger partial charge is 0.269 e. The Morgan fingerprint density at radius 3 is 2.46 bits per heavy atom. The van der Waals surface area contributed by atoms with Crippen LogP contribution in [-0.4, -0.2) is 38.9 Å². The van der Waals surface area contributed by atoms with Crippen LogP contribution in [-0.2, 0) is 0 Å². The Hall–Kier alpha value is -1.77. The largest absolute Gasteiger partial charge is 0.394 e. The molecular formula is C16H23N3O4S. The molecule has 7 nitrogen and oxygen atoms in total. The predicted molar refractivity (Wildman–Crippen MR) is 94.7 cm³/mol. The molecule has 0 aromatic heterocycles. The molecule has 0 bridgehead atoms. The van der Waals surface area contributed by atoms with E-state index in [1.54, 1.807) is 0 Å². The molecular weight excluding hydrogens is 330 g/mol. The van der Waals surface area contributed by atoms with Crippen LogP contribution in [0.1, 0.15) is 43.8 Å². The maximum Gasteiger partial charge on any atom is 0.269 e. The van der Waals surface area contributed by atoms with Gasteiger partial charge in [0, 0.05) is 18.2 Å². The molecule has 24 heavy (non-hydrogen) atoms. The first kappa shape index (κ1) is 18.6. The molecule has 1 aliphatic rings. The van der Waals surface area contributed by atoms with Crippen molar-refractivity contribution in [1.29, 1.82) is 0 Å². The third kappa shape index (κ3) is 5.12. The minimum atomic E-state index is -1.03. The molecule has 1 saturated carbocycles. The molecule has 2 unspecified atom stereocenters. The summed E-state index contributed by atoms with van der Waals surface area (Å²) in [5.41, 5.74) is 0.432. The van der Waals surface area contributed by atoms with Gasteiger partial charge in [0.05, 0.1) is 17.6 Å². The van der Waals surface area contributed by atoms with E-state index in [-0.39, 0.29) is 12.3 Å². The maximum absolute atomic E-state index is 10.7. The second kappa shape index (κ2) is 8.91. The molecule has 132 valence electrons. The molecule has 1 aromatic rings. The van der Waals surface area contributed by atoms with E-state index in [0.717, 1.165) is 12.8 Å².